The van der Waals surface area contributed by atoms with Crippen molar-refractivity contribution in [1.82, 2.24) is 0 Å². The lowest BCUT2D eigenvalue weighted by atomic mass is 9.80. The quantitative estimate of drug-likeness (QED) is 0.489. The summed E-state index contributed by atoms with van der Waals surface area (Å²) in [6.45, 7) is 3.90. The first-order chi connectivity index (χ1) is 5.10. The molecule has 0 amide bonds. The van der Waals surface area contributed by atoms with Crippen molar-refractivity contribution in [3.63, 3.8) is 0 Å². The fourth-order valence-corrected chi connectivity index (χ4v) is 1.64. The summed E-state index contributed by atoms with van der Waals surface area (Å²) >= 11 is 0. The fourth-order valence-electron chi connectivity index (χ4n) is 1.64. The lowest BCUT2D eigenvalue weighted by Crippen LogP contribution is -2.43. The van der Waals surface area contributed by atoms with E-state index in [1.807, 2.05) is 26.0 Å². The molecule has 2 heterocycles. The van der Waals surface area contributed by atoms with Crippen molar-refractivity contribution in [1.29, 1.82) is 0 Å². The minimum absolute atomic E-state index is 0.0220. The minimum atomic E-state index is -0.302. The molecule has 0 radical (unpaired) electrons. The molecule has 2 unspecified atom stereocenters. The molecule has 1 fully saturated rings. The van der Waals surface area contributed by atoms with E-state index in [4.69, 9.17) is 4.74 Å². The molecule has 60 valence electrons. The van der Waals surface area contributed by atoms with Gasteiger partial charge in [-0.25, -0.2) is 0 Å². The Bertz CT molecular complexity index is 228. The molecule has 2 heteroatoms. The third-order valence-corrected chi connectivity index (χ3v) is 2.64. The summed E-state index contributed by atoms with van der Waals surface area (Å²) < 4.78 is 5.55. The van der Waals surface area contributed by atoms with E-state index in [2.05, 4.69) is 0 Å². The number of carbonyl (C=O) groups is 1. The molecule has 0 saturated carbocycles. The topological polar surface area (TPSA) is 26.3 Å². The molecule has 2 aliphatic rings. The SMILES string of the molecule is CC1(C)C(=O)CC2C=CC1O2. The monoisotopic (exact) mass is 152 g/mol. The second-order valence-electron chi connectivity index (χ2n) is 3.83. The van der Waals surface area contributed by atoms with Gasteiger partial charge in [-0.05, 0) is 0 Å². The van der Waals surface area contributed by atoms with Crippen LogP contribution >= 0.6 is 0 Å². The molecule has 2 nitrogen and oxygen atoms in total. The highest BCUT2D eigenvalue weighted by molar-refractivity contribution is 5.87. The second kappa shape index (κ2) is 1.95. The van der Waals surface area contributed by atoms with Gasteiger partial charge in [0, 0.05) is 6.42 Å². The number of rotatable bonds is 0. The molecule has 0 aromatic rings. The molecule has 2 atom stereocenters. The zero-order valence-corrected chi connectivity index (χ0v) is 6.83. The van der Waals surface area contributed by atoms with Crippen molar-refractivity contribution < 1.29 is 9.53 Å². The van der Waals surface area contributed by atoms with E-state index in [1.165, 1.54) is 0 Å². The van der Waals surface area contributed by atoms with Gasteiger partial charge in [-0.2, -0.15) is 0 Å². The maximum absolute atomic E-state index is 11.5. The van der Waals surface area contributed by atoms with Crippen LogP contribution in [0.1, 0.15) is 20.3 Å². The highest BCUT2D eigenvalue weighted by Gasteiger charge is 2.44. The minimum Gasteiger partial charge on any atom is -0.365 e. The average Bonchev–Trinajstić information content (AvgIpc) is 2.31. The van der Waals surface area contributed by atoms with E-state index in [0.29, 0.717) is 12.2 Å². The van der Waals surface area contributed by atoms with Gasteiger partial charge in [0.25, 0.3) is 0 Å². The van der Waals surface area contributed by atoms with Crippen LogP contribution in [0.2, 0.25) is 0 Å². The number of hydrogen-bond acceptors (Lipinski definition) is 2. The van der Waals surface area contributed by atoms with Crippen LogP contribution < -0.4 is 0 Å². The average molecular weight is 152 g/mol. The first kappa shape index (κ1) is 7.04. The molecule has 0 aliphatic carbocycles. The van der Waals surface area contributed by atoms with Crippen molar-refractivity contribution in [2.24, 2.45) is 5.41 Å². The highest BCUT2D eigenvalue weighted by atomic mass is 16.5. The lowest BCUT2D eigenvalue weighted by Gasteiger charge is -2.34. The van der Waals surface area contributed by atoms with Crippen molar-refractivity contribution in [3.8, 4) is 0 Å². The van der Waals surface area contributed by atoms with Gasteiger partial charge >= 0.3 is 0 Å². The molecule has 0 aromatic heterocycles. The van der Waals surface area contributed by atoms with Crippen molar-refractivity contribution in [2.75, 3.05) is 0 Å². The molecule has 0 aromatic carbocycles. The van der Waals surface area contributed by atoms with Crippen LogP contribution in [-0.4, -0.2) is 18.0 Å². The summed E-state index contributed by atoms with van der Waals surface area (Å²) in [5.41, 5.74) is -0.302. The number of carbonyl (C=O) groups excluding carboxylic acids is 1. The molecule has 0 spiro atoms. The molecule has 2 bridgehead atoms. The Balaban J connectivity index is 2.33. The largest absolute Gasteiger partial charge is 0.365 e. The first-order valence-corrected chi connectivity index (χ1v) is 3.98. The van der Waals surface area contributed by atoms with E-state index in [9.17, 15) is 4.79 Å². The number of Topliss-reactive ketones (excluding diaryl/α,β-unsaturated/α-hetero) is 1. The molecular weight excluding hydrogens is 140 g/mol. The van der Waals surface area contributed by atoms with Gasteiger partial charge in [0.15, 0.2) is 0 Å². The Labute approximate surface area is 66.2 Å². The molecule has 2 aliphatic heterocycles. The Morgan fingerprint density at radius 2 is 2.27 bits per heavy atom. The third kappa shape index (κ3) is 0.857. The highest BCUT2D eigenvalue weighted by Crippen LogP contribution is 2.37. The van der Waals surface area contributed by atoms with Gasteiger partial charge in [0.2, 0.25) is 0 Å². The zero-order valence-electron chi connectivity index (χ0n) is 6.83. The Morgan fingerprint density at radius 3 is 3.00 bits per heavy atom. The summed E-state index contributed by atoms with van der Waals surface area (Å²) in [4.78, 5) is 11.5. The fraction of sp³-hybridized carbons (Fsp3) is 0.667. The summed E-state index contributed by atoms with van der Waals surface area (Å²) in [6.07, 6.45) is 4.65. The predicted octanol–water partition coefficient (Wildman–Crippen LogP) is 1.31. The van der Waals surface area contributed by atoms with E-state index >= 15 is 0 Å². The predicted molar refractivity (Wildman–Crippen MR) is 41.2 cm³/mol. The van der Waals surface area contributed by atoms with E-state index in [0.717, 1.165) is 0 Å². The molecule has 1 saturated heterocycles. The number of ketones is 1. The number of fused-ring (bicyclic) bond motifs is 2. The summed E-state index contributed by atoms with van der Waals surface area (Å²) in [5, 5.41) is 0. The number of hydrogen-bond donors (Lipinski definition) is 0. The van der Waals surface area contributed by atoms with Crippen LogP contribution in [0.25, 0.3) is 0 Å². The van der Waals surface area contributed by atoms with E-state index in [1.54, 1.807) is 0 Å². The maximum atomic E-state index is 11.5. The van der Waals surface area contributed by atoms with Crippen LogP contribution in [0.5, 0.6) is 0 Å². The van der Waals surface area contributed by atoms with Crippen LogP contribution in [0.4, 0.5) is 0 Å². The van der Waals surface area contributed by atoms with Crippen LogP contribution in [0.15, 0.2) is 12.2 Å². The normalized spacial score (nSPS) is 39.6. The Morgan fingerprint density at radius 1 is 1.55 bits per heavy atom. The smallest absolute Gasteiger partial charge is 0.144 e. The lowest BCUT2D eigenvalue weighted by molar-refractivity contribution is -0.145. The molecule has 11 heavy (non-hydrogen) atoms. The number of ether oxygens (including phenoxy) is 1. The molecule has 0 N–H and O–H groups in total. The summed E-state index contributed by atoms with van der Waals surface area (Å²) in [6, 6.07) is 0. The Kier molecular flexibility index (Phi) is 1.25. The van der Waals surface area contributed by atoms with Gasteiger partial charge in [-0.3, -0.25) is 4.79 Å². The van der Waals surface area contributed by atoms with E-state index < -0.39 is 0 Å². The van der Waals surface area contributed by atoms with E-state index in [-0.39, 0.29) is 17.6 Å². The Hall–Kier alpha value is -0.630. The third-order valence-electron chi connectivity index (χ3n) is 2.64. The molecular formula is C9H12O2. The van der Waals surface area contributed by atoms with Gasteiger partial charge in [-0.15, -0.1) is 0 Å². The van der Waals surface area contributed by atoms with Crippen molar-refractivity contribution >= 4 is 5.78 Å². The maximum Gasteiger partial charge on any atom is 0.144 e. The van der Waals surface area contributed by atoms with Crippen LogP contribution in [0, 0.1) is 5.41 Å². The summed E-state index contributed by atoms with van der Waals surface area (Å²) in [5.74, 6) is 0.323. The van der Waals surface area contributed by atoms with Gasteiger partial charge in [0.1, 0.15) is 5.78 Å². The molecule has 2 rings (SSSR count). The van der Waals surface area contributed by atoms with Crippen molar-refractivity contribution in [3.05, 3.63) is 12.2 Å². The first-order valence-electron chi connectivity index (χ1n) is 3.98. The second-order valence-corrected chi connectivity index (χ2v) is 3.83. The zero-order chi connectivity index (χ0) is 8.06. The standard InChI is InChI=1S/C9H12O2/c1-9(2)7(10)5-6-3-4-8(9)11-6/h3-4,6,8H,5H2,1-2H3. The van der Waals surface area contributed by atoms with Crippen LogP contribution in [-0.2, 0) is 9.53 Å². The summed E-state index contributed by atoms with van der Waals surface area (Å²) in [7, 11) is 0. The van der Waals surface area contributed by atoms with Gasteiger partial charge < -0.3 is 4.74 Å². The van der Waals surface area contributed by atoms with Crippen LogP contribution in [0.3, 0.4) is 0 Å². The van der Waals surface area contributed by atoms with Gasteiger partial charge in [0.05, 0.1) is 17.6 Å². The van der Waals surface area contributed by atoms with Crippen molar-refractivity contribution in [2.45, 2.75) is 32.5 Å². The van der Waals surface area contributed by atoms with Gasteiger partial charge in [-0.1, -0.05) is 26.0 Å².